The van der Waals surface area contributed by atoms with E-state index in [-0.39, 0.29) is 40.0 Å². The molecule has 60 valence electrons. The summed E-state index contributed by atoms with van der Waals surface area (Å²) in [4.78, 5) is 0. The minimum atomic E-state index is 0. The molecular formula is C9H15BrMg. The maximum Gasteiger partial charge on any atom is 2.00 e. The Bertz CT molecular complexity index is 110. The first-order valence-corrected chi connectivity index (χ1v) is 3.28. The Morgan fingerprint density at radius 1 is 1.64 bits per heavy atom. The molecular weight excluding hydrogens is 212 g/mol. The summed E-state index contributed by atoms with van der Waals surface area (Å²) in [5, 5.41) is 0. The Labute approximate surface area is 97.1 Å². The molecule has 0 saturated carbocycles. The monoisotopic (exact) mass is 226 g/mol. The van der Waals surface area contributed by atoms with Gasteiger partial charge in [0.15, 0.2) is 0 Å². The number of allylic oxidation sites excluding steroid dienone is 2. The zero-order chi connectivity index (χ0) is 7.28. The minimum Gasteiger partial charge on any atom is -1.00 e. The summed E-state index contributed by atoms with van der Waals surface area (Å²) in [6, 6.07) is 0. The summed E-state index contributed by atoms with van der Waals surface area (Å²) in [5.41, 5.74) is 1.16. The van der Waals surface area contributed by atoms with E-state index in [4.69, 9.17) is 0 Å². The molecule has 0 aromatic heterocycles. The fraction of sp³-hybridized carbons (Fsp3) is 0.444. The van der Waals surface area contributed by atoms with Gasteiger partial charge in [-0.3, -0.25) is 0 Å². The largest absolute Gasteiger partial charge is 2.00 e. The average Bonchev–Trinajstić information content (AvgIpc) is 1.82. The van der Waals surface area contributed by atoms with Gasteiger partial charge in [-0.05, 0) is 13.3 Å². The minimum absolute atomic E-state index is 0. The van der Waals surface area contributed by atoms with Crippen LogP contribution in [0, 0.1) is 12.8 Å². The van der Waals surface area contributed by atoms with Gasteiger partial charge in [0.05, 0.1) is 0 Å². The molecule has 0 amide bonds. The zero-order valence-electron chi connectivity index (χ0n) is 7.28. The second-order valence-corrected chi connectivity index (χ2v) is 2.41. The normalized spacial score (nSPS) is 10.4. The summed E-state index contributed by atoms with van der Waals surface area (Å²) in [5.74, 6) is 0.406. The van der Waals surface area contributed by atoms with E-state index in [9.17, 15) is 0 Å². The van der Waals surface area contributed by atoms with Crippen LogP contribution in [0.2, 0.25) is 0 Å². The summed E-state index contributed by atoms with van der Waals surface area (Å²) in [7, 11) is 0. The van der Waals surface area contributed by atoms with E-state index in [2.05, 4.69) is 20.1 Å². The van der Waals surface area contributed by atoms with E-state index in [0.717, 1.165) is 18.4 Å². The average molecular weight is 227 g/mol. The van der Waals surface area contributed by atoms with Crippen molar-refractivity contribution in [2.75, 3.05) is 0 Å². The van der Waals surface area contributed by atoms with Crippen molar-refractivity contribution in [3.8, 4) is 0 Å². The Morgan fingerprint density at radius 2 is 2.09 bits per heavy atom. The summed E-state index contributed by atoms with van der Waals surface area (Å²) in [6.45, 7) is 13.4. The van der Waals surface area contributed by atoms with Crippen LogP contribution in [-0.4, -0.2) is 23.1 Å². The third-order valence-electron chi connectivity index (χ3n) is 1.42. The second-order valence-electron chi connectivity index (χ2n) is 2.41. The van der Waals surface area contributed by atoms with Crippen LogP contribution in [0.4, 0.5) is 0 Å². The van der Waals surface area contributed by atoms with E-state index in [1.54, 1.807) is 0 Å². The van der Waals surface area contributed by atoms with Gasteiger partial charge in [0.25, 0.3) is 0 Å². The van der Waals surface area contributed by atoms with Crippen molar-refractivity contribution in [2.45, 2.75) is 19.8 Å². The fourth-order valence-corrected chi connectivity index (χ4v) is 0.565. The van der Waals surface area contributed by atoms with Crippen molar-refractivity contribution in [2.24, 2.45) is 5.92 Å². The SMILES string of the molecule is C=CCCC([CH2-])C(=C)C.[Br-].[Mg+2]. The van der Waals surface area contributed by atoms with Gasteiger partial charge in [-0.1, -0.05) is 12.5 Å². The van der Waals surface area contributed by atoms with Gasteiger partial charge >= 0.3 is 23.1 Å². The molecule has 11 heavy (non-hydrogen) atoms. The third kappa shape index (κ3) is 10.7. The maximum absolute atomic E-state index is 3.93. The Hall–Kier alpha value is 0.726. The molecule has 0 rings (SSSR count). The number of hydrogen-bond acceptors (Lipinski definition) is 0. The first-order valence-electron chi connectivity index (χ1n) is 3.28. The second kappa shape index (κ2) is 10.7. The molecule has 0 aromatic rings. The number of hydrogen-bond donors (Lipinski definition) is 0. The van der Waals surface area contributed by atoms with Crippen LogP contribution in [0.3, 0.4) is 0 Å². The van der Waals surface area contributed by atoms with Gasteiger partial charge in [0.1, 0.15) is 0 Å². The summed E-state index contributed by atoms with van der Waals surface area (Å²) < 4.78 is 0. The first-order chi connectivity index (χ1) is 4.18. The number of rotatable bonds is 4. The van der Waals surface area contributed by atoms with Gasteiger partial charge in [0, 0.05) is 0 Å². The maximum atomic E-state index is 3.93. The van der Waals surface area contributed by atoms with Crippen LogP contribution in [0.1, 0.15) is 19.8 Å². The molecule has 0 nitrogen and oxygen atoms in total. The van der Waals surface area contributed by atoms with Crippen LogP contribution in [0.5, 0.6) is 0 Å². The quantitative estimate of drug-likeness (QED) is 0.348. The first kappa shape index (κ1) is 17.7. The fourth-order valence-electron chi connectivity index (χ4n) is 0.565. The van der Waals surface area contributed by atoms with E-state index < -0.39 is 0 Å². The van der Waals surface area contributed by atoms with Crippen LogP contribution in [0.25, 0.3) is 0 Å². The third-order valence-corrected chi connectivity index (χ3v) is 1.42. The zero-order valence-corrected chi connectivity index (χ0v) is 10.3. The standard InChI is InChI=1S/C9H15.BrH.Mg/c1-5-6-7-9(4)8(2)3;;/h5,9H,1-2,4,6-7H2,3H3;1H;/q-1;;+2/p-1. The summed E-state index contributed by atoms with van der Waals surface area (Å²) >= 11 is 0. The van der Waals surface area contributed by atoms with Crippen molar-refractivity contribution in [3.05, 3.63) is 31.7 Å². The van der Waals surface area contributed by atoms with Crippen molar-refractivity contribution < 1.29 is 17.0 Å². The van der Waals surface area contributed by atoms with Crippen LogP contribution < -0.4 is 17.0 Å². The van der Waals surface area contributed by atoms with Gasteiger partial charge in [-0.2, -0.15) is 0 Å². The number of halogens is 1. The molecule has 1 unspecified atom stereocenters. The molecule has 0 radical (unpaired) electrons. The molecule has 0 saturated heterocycles. The molecule has 1 atom stereocenters. The molecule has 0 aliphatic carbocycles. The van der Waals surface area contributed by atoms with E-state index in [0.29, 0.717) is 5.92 Å². The molecule has 0 N–H and O–H groups in total. The van der Waals surface area contributed by atoms with E-state index in [1.165, 1.54) is 0 Å². The molecule has 0 spiro atoms. The Kier molecular flexibility index (Phi) is 17.3. The van der Waals surface area contributed by atoms with E-state index >= 15 is 0 Å². The van der Waals surface area contributed by atoms with Crippen LogP contribution in [-0.2, 0) is 0 Å². The summed E-state index contributed by atoms with van der Waals surface area (Å²) in [6.07, 6.45) is 4.04. The van der Waals surface area contributed by atoms with Crippen LogP contribution in [0.15, 0.2) is 24.8 Å². The topological polar surface area (TPSA) is 0 Å². The molecule has 0 heterocycles. The van der Waals surface area contributed by atoms with Gasteiger partial charge in [-0.25, -0.2) is 0 Å². The van der Waals surface area contributed by atoms with Crippen molar-refractivity contribution in [1.29, 1.82) is 0 Å². The van der Waals surface area contributed by atoms with Gasteiger partial charge < -0.3 is 23.9 Å². The van der Waals surface area contributed by atoms with Gasteiger partial charge in [-0.15, -0.1) is 24.6 Å². The van der Waals surface area contributed by atoms with Crippen molar-refractivity contribution in [1.82, 2.24) is 0 Å². The van der Waals surface area contributed by atoms with Crippen LogP contribution >= 0.6 is 0 Å². The molecule has 0 aromatic carbocycles. The van der Waals surface area contributed by atoms with Gasteiger partial charge in [0.2, 0.25) is 0 Å². The predicted molar refractivity (Wildman–Crippen MR) is 48.8 cm³/mol. The predicted octanol–water partition coefficient (Wildman–Crippen LogP) is -0.398. The van der Waals surface area contributed by atoms with Crippen molar-refractivity contribution >= 4 is 23.1 Å². The molecule has 0 aliphatic rings. The smallest absolute Gasteiger partial charge is 1.00 e. The van der Waals surface area contributed by atoms with E-state index in [1.807, 2.05) is 13.0 Å². The van der Waals surface area contributed by atoms with Crippen molar-refractivity contribution in [3.63, 3.8) is 0 Å². The Morgan fingerprint density at radius 3 is 2.36 bits per heavy atom. The molecule has 2 heteroatoms. The Balaban J connectivity index is -0.000000320. The molecule has 0 bridgehead atoms. The molecule has 0 aliphatic heterocycles. The molecule has 0 fully saturated rings.